The summed E-state index contributed by atoms with van der Waals surface area (Å²) in [5, 5.41) is 8.24. The fraction of sp³-hybridized carbons (Fsp3) is 0.700. The Morgan fingerprint density at radius 2 is 2.27 bits per heavy atom. The molecule has 84 valence electrons. The number of nitrogens with zero attached hydrogens (tertiary/aromatic N) is 2. The molecule has 1 aromatic rings. The number of aryl methyl sites for hydroxylation is 2. The third-order valence-electron chi connectivity index (χ3n) is 3.10. The van der Waals surface area contributed by atoms with Gasteiger partial charge in [0.15, 0.2) is 0 Å². The molecule has 4 nitrogen and oxygen atoms in total. The molecular weight excluding hydrogens is 214 g/mol. The first-order valence-corrected chi connectivity index (χ1v) is 5.40. The van der Waals surface area contributed by atoms with Crippen LogP contribution in [0.2, 0.25) is 5.15 Å². The highest BCUT2D eigenvalue weighted by Gasteiger charge is 2.38. The maximum absolute atomic E-state index is 6.18. The van der Waals surface area contributed by atoms with Crippen molar-refractivity contribution in [3.63, 3.8) is 0 Å². The van der Waals surface area contributed by atoms with Gasteiger partial charge in [-0.15, -0.1) is 0 Å². The molecular formula is C10H16ClN3O. The second-order valence-electron chi connectivity index (χ2n) is 4.15. The lowest BCUT2D eigenvalue weighted by Gasteiger charge is -2.41. The van der Waals surface area contributed by atoms with Crippen LogP contribution in [0.25, 0.3) is 0 Å². The molecule has 1 aromatic heterocycles. The van der Waals surface area contributed by atoms with Crippen LogP contribution in [0.1, 0.15) is 11.3 Å². The van der Waals surface area contributed by atoms with Crippen LogP contribution in [-0.2, 0) is 18.2 Å². The van der Waals surface area contributed by atoms with E-state index in [0.29, 0.717) is 0 Å². The molecule has 0 amide bonds. The summed E-state index contributed by atoms with van der Waals surface area (Å²) < 4.78 is 7.25. The topological polar surface area (TPSA) is 39.1 Å². The Kier molecular flexibility index (Phi) is 2.75. The predicted molar refractivity (Wildman–Crippen MR) is 59.3 cm³/mol. The SMILES string of the molecule is COC1(Cc2c(C)nn(C)c2Cl)CNC1. The Bertz CT molecular complexity index is 365. The number of halogens is 1. The van der Waals surface area contributed by atoms with Crippen LogP contribution in [0.4, 0.5) is 0 Å². The molecule has 0 aliphatic carbocycles. The highest BCUT2D eigenvalue weighted by molar-refractivity contribution is 6.30. The first-order valence-electron chi connectivity index (χ1n) is 5.02. The van der Waals surface area contributed by atoms with E-state index in [2.05, 4.69) is 10.4 Å². The van der Waals surface area contributed by atoms with Gasteiger partial charge in [-0.05, 0) is 6.92 Å². The smallest absolute Gasteiger partial charge is 0.130 e. The summed E-state index contributed by atoms with van der Waals surface area (Å²) in [4.78, 5) is 0. The zero-order chi connectivity index (χ0) is 11.1. The fourth-order valence-electron chi connectivity index (χ4n) is 1.94. The van der Waals surface area contributed by atoms with Gasteiger partial charge in [0, 0.05) is 39.2 Å². The van der Waals surface area contributed by atoms with Gasteiger partial charge in [-0.1, -0.05) is 11.6 Å². The van der Waals surface area contributed by atoms with Gasteiger partial charge in [-0.2, -0.15) is 5.10 Å². The molecule has 0 saturated carbocycles. The number of nitrogens with one attached hydrogen (secondary N) is 1. The quantitative estimate of drug-likeness (QED) is 0.838. The molecule has 5 heteroatoms. The van der Waals surface area contributed by atoms with E-state index < -0.39 is 0 Å². The number of aromatic nitrogens is 2. The van der Waals surface area contributed by atoms with Gasteiger partial charge in [0.25, 0.3) is 0 Å². The van der Waals surface area contributed by atoms with Gasteiger partial charge < -0.3 is 10.1 Å². The molecule has 1 saturated heterocycles. The summed E-state index contributed by atoms with van der Waals surface area (Å²) in [6.07, 6.45) is 0.828. The highest BCUT2D eigenvalue weighted by atomic mass is 35.5. The molecule has 0 aromatic carbocycles. The minimum absolute atomic E-state index is 0.0859. The van der Waals surface area contributed by atoms with Crippen molar-refractivity contribution in [1.29, 1.82) is 0 Å². The average Bonchev–Trinajstić information content (AvgIpc) is 2.37. The van der Waals surface area contributed by atoms with E-state index in [1.54, 1.807) is 11.8 Å². The standard InChI is InChI=1S/C10H16ClN3O/c1-7-8(9(11)14(2)13-7)4-10(15-3)5-12-6-10/h12H,4-6H2,1-3H3. The normalized spacial score (nSPS) is 18.9. The monoisotopic (exact) mass is 229 g/mol. The Balaban J connectivity index is 2.23. The van der Waals surface area contributed by atoms with Crippen LogP contribution < -0.4 is 5.32 Å². The lowest BCUT2D eigenvalue weighted by atomic mass is 9.89. The molecule has 1 N–H and O–H groups in total. The predicted octanol–water partition coefficient (Wildman–Crippen LogP) is 0.913. The summed E-state index contributed by atoms with van der Waals surface area (Å²) in [7, 11) is 3.61. The largest absolute Gasteiger partial charge is 0.375 e. The molecule has 2 heterocycles. The maximum Gasteiger partial charge on any atom is 0.130 e. The lowest BCUT2D eigenvalue weighted by Crippen LogP contribution is -2.61. The Morgan fingerprint density at radius 3 is 2.60 bits per heavy atom. The number of hydrogen-bond acceptors (Lipinski definition) is 3. The Hall–Kier alpha value is -0.580. The van der Waals surface area contributed by atoms with Gasteiger partial charge >= 0.3 is 0 Å². The second kappa shape index (κ2) is 3.77. The van der Waals surface area contributed by atoms with Gasteiger partial charge in [0.1, 0.15) is 5.15 Å². The number of methoxy groups -OCH3 is 1. The van der Waals surface area contributed by atoms with E-state index in [9.17, 15) is 0 Å². The third kappa shape index (κ3) is 1.77. The second-order valence-corrected chi connectivity index (χ2v) is 4.50. The van der Waals surface area contributed by atoms with Crippen LogP contribution in [0, 0.1) is 6.92 Å². The Labute approximate surface area is 94.6 Å². The molecule has 0 spiro atoms. The zero-order valence-corrected chi connectivity index (χ0v) is 10.1. The van der Waals surface area contributed by atoms with E-state index in [-0.39, 0.29) is 5.60 Å². The average molecular weight is 230 g/mol. The van der Waals surface area contributed by atoms with Crippen molar-refractivity contribution >= 4 is 11.6 Å². The molecule has 0 unspecified atom stereocenters. The van der Waals surface area contributed by atoms with Crippen LogP contribution in [0.15, 0.2) is 0 Å². The Morgan fingerprint density at radius 1 is 1.60 bits per heavy atom. The van der Waals surface area contributed by atoms with Crippen molar-refractivity contribution in [2.75, 3.05) is 20.2 Å². The van der Waals surface area contributed by atoms with Gasteiger partial charge in [-0.25, -0.2) is 0 Å². The van der Waals surface area contributed by atoms with Crippen LogP contribution in [0.5, 0.6) is 0 Å². The van der Waals surface area contributed by atoms with Crippen LogP contribution in [-0.4, -0.2) is 35.6 Å². The van der Waals surface area contributed by atoms with Gasteiger partial charge in [0.05, 0.1) is 11.3 Å². The van der Waals surface area contributed by atoms with E-state index >= 15 is 0 Å². The van der Waals surface area contributed by atoms with Gasteiger partial charge in [-0.3, -0.25) is 4.68 Å². The summed E-state index contributed by atoms with van der Waals surface area (Å²) in [5.41, 5.74) is 2.01. The molecule has 1 fully saturated rings. The number of ether oxygens (including phenoxy) is 1. The van der Waals surface area contributed by atoms with Crippen LogP contribution >= 0.6 is 11.6 Å². The molecule has 1 aliphatic rings. The maximum atomic E-state index is 6.18. The molecule has 0 bridgehead atoms. The van der Waals surface area contributed by atoms with E-state index in [4.69, 9.17) is 16.3 Å². The number of rotatable bonds is 3. The van der Waals surface area contributed by atoms with Gasteiger partial charge in [0.2, 0.25) is 0 Å². The third-order valence-corrected chi connectivity index (χ3v) is 3.57. The first kappa shape index (κ1) is 10.9. The number of hydrogen-bond donors (Lipinski definition) is 1. The zero-order valence-electron chi connectivity index (χ0n) is 9.30. The lowest BCUT2D eigenvalue weighted by molar-refractivity contribution is -0.0503. The van der Waals surface area contributed by atoms with E-state index in [1.807, 2.05) is 14.0 Å². The first-order chi connectivity index (χ1) is 7.08. The van der Waals surface area contributed by atoms with Crippen molar-refractivity contribution in [3.05, 3.63) is 16.4 Å². The highest BCUT2D eigenvalue weighted by Crippen LogP contribution is 2.27. The summed E-state index contributed by atoms with van der Waals surface area (Å²) >= 11 is 6.18. The van der Waals surface area contributed by atoms with Crippen molar-refractivity contribution in [1.82, 2.24) is 15.1 Å². The van der Waals surface area contributed by atoms with Crippen molar-refractivity contribution in [3.8, 4) is 0 Å². The summed E-state index contributed by atoms with van der Waals surface area (Å²) in [6, 6.07) is 0. The molecule has 0 atom stereocenters. The van der Waals surface area contributed by atoms with E-state index in [0.717, 1.165) is 35.9 Å². The molecule has 15 heavy (non-hydrogen) atoms. The van der Waals surface area contributed by atoms with Crippen LogP contribution in [0.3, 0.4) is 0 Å². The van der Waals surface area contributed by atoms with E-state index in [1.165, 1.54) is 0 Å². The molecule has 0 radical (unpaired) electrons. The fourth-order valence-corrected chi connectivity index (χ4v) is 2.18. The minimum Gasteiger partial charge on any atom is -0.375 e. The van der Waals surface area contributed by atoms with Crippen molar-refractivity contribution < 1.29 is 4.74 Å². The summed E-state index contributed by atoms with van der Waals surface area (Å²) in [5.74, 6) is 0. The summed E-state index contributed by atoms with van der Waals surface area (Å²) in [6.45, 7) is 3.75. The molecule has 2 rings (SSSR count). The van der Waals surface area contributed by atoms with Crippen molar-refractivity contribution in [2.45, 2.75) is 18.9 Å². The minimum atomic E-state index is -0.0859. The molecule has 1 aliphatic heterocycles. The van der Waals surface area contributed by atoms with Crippen molar-refractivity contribution in [2.24, 2.45) is 7.05 Å².